The number of carbonyl (C=O) groups is 2. The molecule has 0 fully saturated rings. The highest BCUT2D eigenvalue weighted by molar-refractivity contribution is 6.39. The number of nitrogens with zero attached hydrogens (tertiary/aromatic N) is 1. The third-order valence-corrected chi connectivity index (χ3v) is 1.41. The van der Waals surface area contributed by atoms with Crippen molar-refractivity contribution in [3.8, 4) is 0 Å². The first-order valence-electron chi connectivity index (χ1n) is 3.82. The Bertz CT molecular complexity index is 294. The van der Waals surface area contributed by atoms with Crippen LogP contribution in [0.4, 0.5) is 0 Å². The number of carboxylic acid groups (broad SMARTS) is 1. The second kappa shape index (κ2) is 5.00. The zero-order valence-electron chi connectivity index (χ0n) is 8.07. The van der Waals surface area contributed by atoms with Crippen molar-refractivity contribution >= 4 is 17.6 Å². The van der Waals surface area contributed by atoms with Gasteiger partial charge in [-0.1, -0.05) is 0 Å². The van der Waals surface area contributed by atoms with E-state index in [1.807, 2.05) is 0 Å². The number of aliphatic carboxylic acids is 1. The topological polar surface area (TPSA) is 107 Å². The normalized spacial score (nSPS) is 10.9. The summed E-state index contributed by atoms with van der Waals surface area (Å²) in [4.78, 5) is 22.7. The first-order valence-corrected chi connectivity index (χ1v) is 3.82. The largest absolute Gasteiger partial charge is 0.477 e. The van der Waals surface area contributed by atoms with Gasteiger partial charge >= 0.3 is 5.97 Å². The van der Waals surface area contributed by atoms with E-state index in [9.17, 15) is 9.59 Å². The Hall–Kier alpha value is -1.85. The molecule has 78 valence electrons. The molecular weight excluding hydrogens is 186 g/mol. The number of nitrogens with one attached hydrogen (secondary N) is 1. The van der Waals surface area contributed by atoms with E-state index in [2.05, 4.69) is 0 Å². The zero-order valence-corrected chi connectivity index (χ0v) is 8.07. The molecule has 0 atom stereocenters. The van der Waals surface area contributed by atoms with Gasteiger partial charge in [0.05, 0.1) is 6.42 Å². The van der Waals surface area contributed by atoms with E-state index >= 15 is 0 Å². The molecule has 0 saturated heterocycles. The Morgan fingerprint density at radius 3 is 2.36 bits per heavy atom. The van der Waals surface area contributed by atoms with Crippen LogP contribution in [0.2, 0.25) is 0 Å². The summed E-state index contributed by atoms with van der Waals surface area (Å²) in [6.45, 7) is 0. The summed E-state index contributed by atoms with van der Waals surface area (Å²) in [5.41, 5.74) is 4.80. The van der Waals surface area contributed by atoms with E-state index in [0.29, 0.717) is 0 Å². The lowest BCUT2D eigenvalue weighted by Crippen LogP contribution is -2.24. The van der Waals surface area contributed by atoms with Crippen molar-refractivity contribution in [3.63, 3.8) is 0 Å². The Balaban J connectivity index is 4.34. The van der Waals surface area contributed by atoms with Crippen molar-refractivity contribution in [2.75, 3.05) is 14.1 Å². The van der Waals surface area contributed by atoms with E-state index in [4.69, 9.17) is 16.2 Å². The SMILES string of the molecule is CN(C)C(=O)C/C(N)=C/C(=N)C(=O)O. The van der Waals surface area contributed by atoms with Gasteiger partial charge in [0.15, 0.2) is 0 Å². The van der Waals surface area contributed by atoms with Crippen molar-refractivity contribution in [1.29, 1.82) is 5.41 Å². The first kappa shape index (κ1) is 12.2. The second-order valence-electron chi connectivity index (χ2n) is 2.90. The maximum atomic E-state index is 11.1. The molecule has 0 bridgehead atoms. The minimum atomic E-state index is -1.37. The zero-order chi connectivity index (χ0) is 11.3. The van der Waals surface area contributed by atoms with E-state index in [1.54, 1.807) is 14.1 Å². The quantitative estimate of drug-likeness (QED) is 0.526. The summed E-state index contributed by atoms with van der Waals surface area (Å²) >= 11 is 0. The van der Waals surface area contributed by atoms with Crippen LogP contribution < -0.4 is 5.73 Å². The lowest BCUT2D eigenvalue weighted by molar-refractivity contribution is -0.129. The minimum Gasteiger partial charge on any atom is -0.477 e. The highest BCUT2D eigenvalue weighted by Crippen LogP contribution is 1.96. The van der Waals surface area contributed by atoms with E-state index < -0.39 is 11.7 Å². The van der Waals surface area contributed by atoms with Crippen LogP contribution in [0.1, 0.15) is 6.42 Å². The molecule has 0 heterocycles. The van der Waals surface area contributed by atoms with Crippen molar-refractivity contribution in [2.45, 2.75) is 6.42 Å². The predicted octanol–water partition coefficient (Wildman–Crippen LogP) is -0.588. The summed E-state index contributed by atoms with van der Waals surface area (Å²) in [6.07, 6.45) is 0.881. The molecule has 6 heteroatoms. The standard InChI is InChI=1S/C8H13N3O3/c1-11(2)7(12)4-5(9)3-6(10)8(13)14/h3,10H,4,9H2,1-2H3,(H,13,14)/b5-3-,10-6?. The van der Waals surface area contributed by atoms with Crippen LogP contribution in [0.15, 0.2) is 11.8 Å². The van der Waals surface area contributed by atoms with Crippen molar-refractivity contribution in [3.05, 3.63) is 11.8 Å². The predicted molar refractivity (Wildman–Crippen MR) is 50.9 cm³/mol. The van der Waals surface area contributed by atoms with Gasteiger partial charge in [0.1, 0.15) is 5.71 Å². The Morgan fingerprint density at radius 2 is 2.00 bits per heavy atom. The van der Waals surface area contributed by atoms with Crippen LogP contribution in [0.3, 0.4) is 0 Å². The van der Waals surface area contributed by atoms with Gasteiger partial charge in [-0.15, -0.1) is 0 Å². The van der Waals surface area contributed by atoms with Crippen molar-refractivity contribution < 1.29 is 14.7 Å². The van der Waals surface area contributed by atoms with Gasteiger partial charge in [-0.25, -0.2) is 4.79 Å². The third kappa shape index (κ3) is 4.24. The minimum absolute atomic E-state index is 0.0658. The smallest absolute Gasteiger partial charge is 0.353 e. The van der Waals surface area contributed by atoms with E-state index in [1.165, 1.54) is 4.90 Å². The van der Waals surface area contributed by atoms with Gasteiger partial charge < -0.3 is 15.7 Å². The fraction of sp³-hybridized carbons (Fsp3) is 0.375. The number of amides is 1. The van der Waals surface area contributed by atoms with Gasteiger partial charge in [-0.3, -0.25) is 10.2 Å². The van der Waals surface area contributed by atoms with Crippen LogP contribution in [0, 0.1) is 5.41 Å². The lowest BCUT2D eigenvalue weighted by atomic mass is 10.2. The summed E-state index contributed by atoms with van der Waals surface area (Å²) in [5.74, 6) is -1.61. The number of hydrogen-bond donors (Lipinski definition) is 3. The summed E-state index contributed by atoms with van der Waals surface area (Å²) < 4.78 is 0. The van der Waals surface area contributed by atoms with Crippen molar-refractivity contribution in [1.82, 2.24) is 4.90 Å². The van der Waals surface area contributed by atoms with Crippen LogP contribution >= 0.6 is 0 Å². The summed E-state index contributed by atoms with van der Waals surface area (Å²) in [6, 6.07) is 0. The maximum Gasteiger partial charge on any atom is 0.353 e. The first-order chi connectivity index (χ1) is 6.34. The molecule has 0 aromatic rings. The molecule has 14 heavy (non-hydrogen) atoms. The molecule has 1 amide bonds. The molecule has 0 aliphatic rings. The molecule has 0 spiro atoms. The number of carbonyl (C=O) groups excluding carboxylic acids is 1. The Morgan fingerprint density at radius 1 is 1.50 bits per heavy atom. The highest BCUT2D eigenvalue weighted by atomic mass is 16.4. The molecule has 0 radical (unpaired) electrons. The van der Waals surface area contributed by atoms with Crippen LogP contribution in [0.5, 0.6) is 0 Å². The molecule has 0 aliphatic carbocycles. The number of hydrogen-bond acceptors (Lipinski definition) is 4. The fourth-order valence-electron chi connectivity index (χ4n) is 0.631. The molecule has 4 N–H and O–H groups in total. The summed E-state index contributed by atoms with van der Waals surface area (Å²) in [7, 11) is 3.14. The molecule has 0 aromatic heterocycles. The number of nitrogens with two attached hydrogens (primary N) is 1. The molecule has 0 aromatic carbocycles. The van der Waals surface area contributed by atoms with Gasteiger partial charge in [0.2, 0.25) is 5.91 Å². The molecule has 0 saturated carbocycles. The molecule has 0 unspecified atom stereocenters. The van der Waals surface area contributed by atoms with Gasteiger partial charge in [-0.05, 0) is 6.08 Å². The fourth-order valence-corrected chi connectivity index (χ4v) is 0.631. The molecule has 0 rings (SSSR count). The van der Waals surface area contributed by atoms with Crippen LogP contribution in [-0.2, 0) is 9.59 Å². The number of carboxylic acids is 1. The molecule has 6 nitrogen and oxygen atoms in total. The summed E-state index contributed by atoms with van der Waals surface area (Å²) in [5, 5.41) is 15.3. The van der Waals surface area contributed by atoms with Gasteiger partial charge in [0, 0.05) is 19.8 Å². The molecular formula is C8H13N3O3. The average molecular weight is 199 g/mol. The highest BCUT2D eigenvalue weighted by Gasteiger charge is 2.08. The second-order valence-corrected chi connectivity index (χ2v) is 2.90. The van der Waals surface area contributed by atoms with E-state index in [0.717, 1.165) is 6.08 Å². The molecule has 0 aliphatic heterocycles. The monoisotopic (exact) mass is 199 g/mol. The number of rotatable bonds is 4. The average Bonchev–Trinajstić information content (AvgIpc) is 2.03. The lowest BCUT2D eigenvalue weighted by Gasteiger charge is -2.09. The maximum absolute atomic E-state index is 11.1. The van der Waals surface area contributed by atoms with Crippen LogP contribution in [0.25, 0.3) is 0 Å². The van der Waals surface area contributed by atoms with Crippen molar-refractivity contribution in [2.24, 2.45) is 5.73 Å². The third-order valence-electron chi connectivity index (χ3n) is 1.41. The Kier molecular flexibility index (Phi) is 4.34. The Labute approximate surface area is 81.5 Å². The van der Waals surface area contributed by atoms with Gasteiger partial charge in [0.25, 0.3) is 0 Å². The van der Waals surface area contributed by atoms with Crippen LogP contribution in [-0.4, -0.2) is 41.7 Å². The van der Waals surface area contributed by atoms with E-state index in [-0.39, 0.29) is 18.0 Å². The van der Waals surface area contributed by atoms with Gasteiger partial charge in [-0.2, -0.15) is 0 Å².